The summed E-state index contributed by atoms with van der Waals surface area (Å²) < 4.78 is 0.850. The van der Waals surface area contributed by atoms with Gasteiger partial charge in [0.05, 0.1) is 5.69 Å². The van der Waals surface area contributed by atoms with Crippen LogP contribution in [0, 0.1) is 6.92 Å². The Bertz CT molecular complexity index is 206. The van der Waals surface area contributed by atoms with Crippen molar-refractivity contribution < 1.29 is 0 Å². The van der Waals surface area contributed by atoms with Crippen LogP contribution in [-0.4, -0.2) is 10.2 Å². The van der Waals surface area contributed by atoms with Crippen LogP contribution in [0.15, 0.2) is 4.60 Å². The van der Waals surface area contributed by atoms with Crippen LogP contribution in [0.1, 0.15) is 11.3 Å². The van der Waals surface area contributed by atoms with Crippen molar-refractivity contribution >= 4 is 15.9 Å². The first-order valence-corrected chi connectivity index (χ1v) is 3.44. The lowest BCUT2D eigenvalue weighted by atomic mass is 10.3. The van der Waals surface area contributed by atoms with Crippen molar-refractivity contribution in [2.24, 2.45) is 5.73 Å². The Morgan fingerprint density at radius 1 is 1.78 bits per heavy atom. The molecule has 50 valence electrons. The third kappa shape index (κ3) is 1.14. The summed E-state index contributed by atoms with van der Waals surface area (Å²) in [6, 6.07) is 0. The normalized spacial score (nSPS) is 10.1. The Kier molecular flexibility index (Phi) is 1.87. The van der Waals surface area contributed by atoms with Crippen molar-refractivity contribution in [2.75, 3.05) is 0 Å². The van der Waals surface area contributed by atoms with E-state index in [2.05, 4.69) is 26.1 Å². The molecule has 0 spiro atoms. The van der Waals surface area contributed by atoms with Gasteiger partial charge in [0.1, 0.15) is 4.60 Å². The fourth-order valence-corrected chi connectivity index (χ4v) is 0.935. The van der Waals surface area contributed by atoms with Gasteiger partial charge in [-0.05, 0) is 22.9 Å². The van der Waals surface area contributed by atoms with E-state index in [1.807, 2.05) is 6.92 Å². The second-order valence-electron chi connectivity index (χ2n) is 1.82. The molecule has 4 heteroatoms. The minimum Gasteiger partial charge on any atom is -0.325 e. The minimum atomic E-state index is 0.518. The molecule has 0 fully saturated rings. The first-order chi connectivity index (χ1) is 4.25. The highest BCUT2D eigenvalue weighted by molar-refractivity contribution is 9.10. The Balaban J connectivity index is 3.04. The molecule has 0 aromatic carbocycles. The first-order valence-electron chi connectivity index (χ1n) is 2.65. The minimum absolute atomic E-state index is 0.518. The summed E-state index contributed by atoms with van der Waals surface area (Å²) in [6.45, 7) is 2.49. The van der Waals surface area contributed by atoms with Gasteiger partial charge in [-0.25, -0.2) is 0 Å². The molecule has 0 saturated carbocycles. The third-order valence-electron chi connectivity index (χ3n) is 1.26. The zero-order chi connectivity index (χ0) is 6.85. The summed E-state index contributed by atoms with van der Waals surface area (Å²) in [5, 5.41) is 6.70. The van der Waals surface area contributed by atoms with Crippen molar-refractivity contribution in [1.29, 1.82) is 0 Å². The molecule has 0 bridgehead atoms. The maximum Gasteiger partial charge on any atom is 0.131 e. The van der Waals surface area contributed by atoms with E-state index in [0.29, 0.717) is 6.54 Å². The van der Waals surface area contributed by atoms with Crippen molar-refractivity contribution in [3.05, 3.63) is 15.9 Å². The van der Waals surface area contributed by atoms with Crippen LogP contribution in [0.3, 0.4) is 0 Å². The largest absolute Gasteiger partial charge is 0.325 e. The highest BCUT2D eigenvalue weighted by Crippen LogP contribution is 2.14. The zero-order valence-electron chi connectivity index (χ0n) is 5.11. The van der Waals surface area contributed by atoms with Crippen LogP contribution in [0.2, 0.25) is 0 Å². The molecule has 1 aromatic heterocycles. The number of nitrogens with two attached hydrogens (primary N) is 1. The molecule has 9 heavy (non-hydrogen) atoms. The molecule has 3 N–H and O–H groups in total. The van der Waals surface area contributed by atoms with Gasteiger partial charge < -0.3 is 5.73 Å². The van der Waals surface area contributed by atoms with Crippen LogP contribution >= 0.6 is 15.9 Å². The molecule has 3 nitrogen and oxygen atoms in total. The average Bonchev–Trinajstić information content (AvgIpc) is 2.15. The first kappa shape index (κ1) is 6.77. The molecule has 0 aliphatic heterocycles. The lowest BCUT2D eigenvalue weighted by Crippen LogP contribution is -1.97. The number of aromatic nitrogens is 2. The molecule has 1 heterocycles. The van der Waals surface area contributed by atoms with E-state index in [4.69, 9.17) is 5.73 Å². The summed E-state index contributed by atoms with van der Waals surface area (Å²) in [5.41, 5.74) is 7.45. The molecule has 1 aromatic rings. The van der Waals surface area contributed by atoms with E-state index >= 15 is 0 Å². The molecule has 0 unspecified atom stereocenters. The van der Waals surface area contributed by atoms with Crippen molar-refractivity contribution in [3.63, 3.8) is 0 Å². The number of aromatic amines is 1. The summed E-state index contributed by atoms with van der Waals surface area (Å²) >= 11 is 3.26. The topological polar surface area (TPSA) is 54.7 Å². The van der Waals surface area contributed by atoms with Gasteiger partial charge in [-0.2, -0.15) is 5.10 Å². The van der Waals surface area contributed by atoms with Crippen LogP contribution in [0.4, 0.5) is 0 Å². The second-order valence-corrected chi connectivity index (χ2v) is 2.57. The summed E-state index contributed by atoms with van der Waals surface area (Å²) in [4.78, 5) is 0. The third-order valence-corrected chi connectivity index (χ3v) is 2.03. The molecular weight excluding hydrogens is 182 g/mol. The SMILES string of the molecule is Cc1c(Br)n[nH]c1CN. The van der Waals surface area contributed by atoms with E-state index in [1.165, 1.54) is 0 Å². The Morgan fingerprint density at radius 2 is 2.44 bits per heavy atom. The van der Waals surface area contributed by atoms with Gasteiger partial charge in [0.2, 0.25) is 0 Å². The van der Waals surface area contributed by atoms with Gasteiger partial charge in [0.25, 0.3) is 0 Å². The number of halogens is 1. The molecular formula is C5H8BrN3. The van der Waals surface area contributed by atoms with Gasteiger partial charge in [-0.1, -0.05) is 0 Å². The quantitative estimate of drug-likeness (QED) is 0.692. The Hall–Kier alpha value is -0.350. The molecule has 0 atom stereocenters. The van der Waals surface area contributed by atoms with Crippen LogP contribution in [0.5, 0.6) is 0 Å². The van der Waals surface area contributed by atoms with Crippen molar-refractivity contribution in [3.8, 4) is 0 Å². The van der Waals surface area contributed by atoms with Crippen LogP contribution in [-0.2, 0) is 6.54 Å². The van der Waals surface area contributed by atoms with Gasteiger partial charge in [-0.15, -0.1) is 0 Å². The second kappa shape index (κ2) is 2.49. The average molecular weight is 190 g/mol. The Labute approximate surface area is 61.8 Å². The van der Waals surface area contributed by atoms with Gasteiger partial charge in [0.15, 0.2) is 0 Å². The van der Waals surface area contributed by atoms with Crippen LogP contribution < -0.4 is 5.73 Å². The lowest BCUT2D eigenvalue weighted by Gasteiger charge is -1.88. The van der Waals surface area contributed by atoms with Crippen molar-refractivity contribution in [2.45, 2.75) is 13.5 Å². The molecule has 0 amide bonds. The fourth-order valence-electron chi connectivity index (χ4n) is 0.608. The van der Waals surface area contributed by atoms with E-state index in [-0.39, 0.29) is 0 Å². The highest BCUT2D eigenvalue weighted by Gasteiger charge is 2.02. The number of nitrogens with zero attached hydrogens (tertiary/aromatic N) is 1. The monoisotopic (exact) mass is 189 g/mol. The predicted octanol–water partition coefficient (Wildman–Crippen LogP) is 0.939. The zero-order valence-corrected chi connectivity index (χ0v) is 6.70. The Morgan fingerprint density at radius 3 is 2.67 bits per heavy atom. The number of H-pyrrole nitrogens is 1. The van der Waals surface area contributed by atoms with E-state index < -0.39 is 0 Å². The molecule has 0 radical (unpaired) electrons. The van der Waals surface area contributed by atoms with E-state index in [1.54, 1.807) is 0 Å². The van der Waals surface area contributed by atoms with E-state index in [9.17, 15) is 0 Å². The van der Waals surface area contributed by atoms with E-state index in [0.717, 1.165) is 15.9 Å². The predicted molar refractivity (Wildman–Crippen MR) is 38.9 cm³/mol. The molecule has 0 aliphatic carbocycles. The lowest BCUT2D eigenvalue weighted by molar-refractivity contribution is 0.938. The number of hydrogen-bond acceptors (Lipinski definition) is 2. The summed E-state index contributed by atoms with van der Waals surface area (Å²) in [6.07, 6.45) is 0. The standard InChI is InChI=1S/C5H8BrN3/c1-3-4(2-7)8-9-5(3)6/h2,7H2,1H3,(H,8,9). The van der Waals surface area contributed by atoms with Gasteiger partial charge in [0, 0.05) is 12.1 Å². The molecule has 0 aliphatic rings. The van der Waals surface area contributed by atoms with Crippen LogP contribution in [0.25, 0.3) is 0 Å². The van der Waals surface area contributed by atoms with Gasteiger partial charge >= 0.3 is 0 Å². The summed E-state index contributed by atoms with van der Waals surface area (Å²) in [5.74, 6) is 0. The smallest absolute Gasteiger partial charge is 0.131 e. The maximum absolute atomic E-state index is 5.37. The highest BCUT2D eigenvalue weighted by atomic mass is 79.9. The number of nitrogens with one attached hydrogen (secondary N) is 1. The fraction of sp³-hybridized carbons (Fsp3) is 0.400. The summed E-state index contributed by atoms with van der Waals surface area (Å²) in [7, 11) is 0. The van der Waals surface area contributed by atoms with Crippen molar-refractivity contribution in [1.82, 2.24) is 10.2 Å². The molecule has 1 rings (SSSR count). The number of hydrogen-bond donors (Lipinski definition) is 2. The maximum atomic E-state index is 5.37. The molecule has 0 saturated heterocycles. The van der Waals surface area contributed by atoms with Gasteiger partial charge in [-0.3, -0.25) is 5.10 Å². The number of rotatable bonds is 1.